The van der Waals surface area contributed by atoms with Gasteiger partial charge in [-0.25, -0.2) is 4.79 Å². The molecule has 0 aromatic carbocycles. The van der Waals surface area contributed by atoms with Gasteiger partial charge in [0.25, 0.3) is 10.1 Å². The Kier molecular flexibility index (Phi) is 3.79. The van der Waals surface area contributed by atoms with Crippen LogP contribution in [0.15, 0.2) is 0 Å². The standard InChI is InChI=1S/C12H21NO5S/c1-9(2)6-17-11(14)13-7-12(4-10(13)5-12)8-18-19(3,15)16/h9-10H,4-8H2,1-3H3. The minimum atomic E-state index is -3.42. The predicted molar refractivity (Wildman–Crippen MR) is 69.1 cm³/mol. The Labute approximate surface area is 114 Å². The van der Waals surface area contributed by atoms with Crippen molar-refractivity contribution in [2.24, 2.45) is 11.3 Å². The number of hydrogen-bond acceptors (Lipinski definition) is 5. The van der Waals surface area contributed by atoms with Gasteiger partial charge in [-0.1, -0.05) is 13.8 Å². The molecule has 0 atom stereocenters. The third-order valence-electron chi connectivity index (χ3n) is 3.64. The zero-order valence-corrected chi connectivity index (χ0v) is 12.4. The van der Waals surface area contributed by atoms with Gasteiger partial charge in [0.2, 0.25) is 0 Å². The topological polar surface area (TPSA) is 72.9 Å². The van der Waals surface area contributed by atoms with Crippen LogP contribution in [0.2, 0.25) is 0 Å². The third kappa shape index (κ3) is 3.39. The highest BCUT2D eigenvalue weighted by atomic mass is 32.2. The number of carbonyl (C=O) groups excluding carboxylic acids is 1. The predicted octanol–water partition coefficient (Wildman–Crippen LogP) is 1.22. The van der Waals surface area contributed by atoms with E-state index in [0.29, 0.717) is 19.1 Å². The van der Waals surface area contributed by atoms with Crippen LogP contribution in [0.3, 0.4) is 0 Å². The van der Waals surface area contributed by atoms with E-state index in [0.717, 1.165) is 19.1 Å². The van der Waals surface area contributed by atoms with Gasteiger partial charge in [0, 0.05) is 18.0 Å². The highest BCUT2D eigenvalue weighted by molar-refractivity contribution is 7.85. The maximum absolute atomic E-state index is 11.9. The molecular formula is C12H21NO5S. The van der Waals surface area contributed by atoms with Crippen LogP contribution in [-0.2, 0) is 19.0 Å². The molecule has 3 aliphatic rings. The normalized spacial score (nSPS) is 29.5. The summed E-state index contributed by atoms with van der Waals surface area (Å²) >= 11 is 0. The maximum Gasteiger partial charge on any atom is 0.410 e. The van der Waals surface area contributed by atoms with Crippen molar-refractivity contribution in [1.82, 2.24) is 4.90 Å². The minimum Gasteiger partial charge on any atom is -0.449 e. The summed E-state index contributed by atoms with van der Waals surface area (Å²) in [5, 5.41) is 0. The van der Waals surface area contributed by atoms with E-state index >= 15 is 0 Å². The molecule has 0 radical (unpaired) electrons. The van der Waals surface area contributed by atoms with Gasteiger partial charge in [-0.2, -0.15) is 8.42 Å². The molecule has 110 valence electrons. The van der Waals surface area contributed by atoms with Crippen LogP contribution in [0.4, 0.5) is 4.79 Å². The van der Waals surface area contributed by atoms with E-state index < -0.39 is 10.1 Å². The quantitative estimate of drug-likeness (QED) is 0.712. The van der Waals surface area contributed by atoms with Crippen LogP contribution in [0, 0.1) is 11.3 Å². The largest absolute Gasteiger partial charge is 0.449 e. The zero-order valence-electron chi connectivity index (χ0n) is 11.6. The van der Waals surface area contributed by atoms with Crippen LogP contribution in [0.5, 0.6) is 0 Å². The van der Waals surface area contributed by atoms with Crippen molar-refractivity contribution in [3.63, 3.8) is 0 Å². The van der Waals surface area contributed by atoms with Gasteiger partial charge in [-0.3, -0.25) is 4.18 Å². The zero-order chi connectivity index (χ0) is 14.3. The number of fused-ring (bicyclic) bond motifs is 1. The molecule has 3 rings (SSSR count). The van der Waals surface area contributed by atoms with Gasteiger partial charge >= 0.3 is 6.09 Å². The Morgan fingerprint density at radius 2 is 2.05 bits per heavy atom. The summed E-state index contributed by atoms with van der Waals surface area (Å²) in [6.45, 7) is 5.08. The van der Waals surface area contributed by atoms with Gasteiger partial charge in [0.05, 0.1) is 19.5 Å². The van der Waals surface area contributed by atoms with Crippen LogP contribution in [0.1, 0.15) is 26.7 Å². The van der Waals surface area contributed by atoms with Crippen molar-refractivity contribution in [3.05, 3.63) is 0 Å². The number of amides is 1. The van der Waals surface area contributed by atoms with E-state index in [9.17, 15) is 13.2 Å². The molecule has 0 unspecified atom stereocenters. The van der Waals surface area contributed by atoms with Gasteiger partial charge in [-0.05, 0) is 18.8 Å². The molecule has 6 nitrogen and oxygen atoms in total. The van der Waals surface area contributed by atoms with Crippen LogP contribution in [0.25, 0.3) is 0 Å². The van der Waals surface area contributed by atoms with Gasteiger partial charge < -0.3 is 9.64 Å². The second-order valence-corrected chi connectivity index (χ2v) is 7.77. The number of rotatable bonds is 5. The first-order chi connectivity index (χ1) is 8.71. The Morgan fingerprint density at radius 1 is 1.42 bits per heavy atom. The highest BCUT2D eigenvalue weighted by Crippen LogP contribution is 2.52. The first kappa shape index (κ1) is 14.6. The number of carbonyl (C=O) groups is 1. The van der Waals surface area contributed by atoms with Gasteiger partial charge in [-0.15, -0.1) is 0 Å². The van der Waals surface area contributed by atoms with E-state index in [1.807, 2.05) is 13.8 Å². The lowest BCUT2D eigenvalue weighted by Gasteiger charge is -2.35. The molecule has 1 aliphatic carbocycles. The Bertz CT molecular complexity index is 453. The van der Waals surface area contributed by atoms with Crippen molar-refractivity contribution in [2.45, 2.75) is 32.7 Å². The molecule has 2 heterocycles. The molecule has 2 aliphatic heterocycles. The van der Waals surface area contributed by atoms with Crippen molar-refractivity contribution >= 4 is 16.2 Å². The van der Waals surface area contributed by atoms with Crippen molar-refractivity contribution < 1.29 is 22.1 Å². The molecule has 0 aromatic rings. The first-order valence-electron chi connectivity index (χ1n) is 6.49. The van der Waals surface area contributed by atoms with Crippen molar-refractivity contribution in [1.29, 1.82) is 0 Å². The second kappa shape index (κ2) is 4.94. The van der Waals surface area contributed by atoms with Crippen molar-refractivity contribution in [2.75, 3.05) is 26.0 Å². The molecular weight excluding hydrogens is 270 g/mol. The molecule has 0 aromatic heterocycles. The Hall–Kier alpha value is -0.820. The van der Waals surface area contributed by atoms with E-state index in [2.05, 4.69) is 0 Å². The smallest absolute Gasteiger partial charge is 0.410 e. The molecule has 2 saturated heterocycles. The van der Waals surface area contributed by atoms with Gasteiger partial charge in [0.15, 0.2) is 0 Å². The van der Waals surface area contributed by atoms with E-state index in [-0.39, 0.29) is 24.2 Å². The highest BCUT2D eigenvalue weighted by Gasteiger charge is 2.57. The number of ether oxygens (including phenoxy) is 1. The summed E-state index contributed by atoms with van der Waals surface area (Å²) < 4.78 is 32.1. The fraction of sp³-hybridized carbons (Fsp3) is 0.917. The van der Waals surface area contributed by atoms with E-state index in [1.54, 1.807) is 4.90 Å². The summed E-state index contributed by atoms with van der Waals surface area (Å²) in [6, 6.07) is 0.183. The number of nitrogens with zero attached hydrogens (tertiary/aromatic N) is 1. The second-order valence-electron chi connectivity index (χ2n) is 6.13. The van der Waals surface area contributed by atoms with E-state index in [1.165, 1.54) is 0 Å². The van der Waals surface area contributed by atoms with E-state index in [4.69, 9.17) is 8.92 Å². The summed E-state index contributed by atoms with van der Waals surface area (Å²) in [6.07, 6.45) is 2.36. The van der Waals surface area contributed by atoms with Crippen LogP contribution < -0.4 is 0 Å². The molecule has 3 fully saturated rings. The molecule has 7 heteroatoms. The minimum absolute atomic E-state index is 0.163. The van der Waals surface area contributed by atoms with Crippen LogP contribution >= 0.6 is 0 Å². The molecule has 1 saturated carbocycles. The SMILES string of the molecule is CC(C)COC(=O)N1CC2(COS(C)(=O)=O)CC1C2. The average Bonchev–Trinajstić information content (AvgIpc) is 2.76. The summed E-state index contributed by atoms with van der Waals surface area (Å²) in [4.78, 5) is 13.6. The lowest BCUT2D eigenvalue weighted by atomic mass is 9.71. The van der Waals surface area contributed by atoms with Crippen molar-refractivity contribution in [3.8, 4) is 0 Å². The molecule has 1 amide bonds. The summed E-state index contributed by atoms with van der Waals surface area (Å²) in [5.74, 6) is 0.309. The number of hydrogen-bond donors (Lipinski definition) is 0. The Balaban J connectivity index is 1.84. The lowest BCUT2D eigenvalue weighted by Crippen LogP contribution is -2.39. The first-order valence-corrected chi connectivity index (χ1v) is 8.30. The van der Waals surface area contributed by atoms with Crippen LogP contribution in [-0.4, -0.2) is 51.5 Å². The fourth-order valence-electron chi connectivity index (χ4n) is 2.71. The average molecular weight is 291 g/mol. The lowest BCUT2D eigenvalue weighted by molar-refractivity contribution is 0.0837. The summed E-state index contributed by atoms with van der Waals surface area (Å²) in [7, 11) is -3.42. The molecule has 0 spiro atoms. The third-order valence-corrected chi connectivity index (χ3v) is 4.18. The Morgan fingerprint density at radius 3 is 2.58 bits per heavy atom. The fourth-order valence-corrected chi connectivity index (χ4v) is 3.17. The molecule has 2 bridgehead atoms. The maximum atomic E-state index is 11.9. The monoisotopic (exact) mass is 291 g/mol. The molecule has 0 N–H and O–H groups in total. The molecule has 19 heavy (non-hydrogen) atoms. The summed E-state index contributed by atoms with van der Waals surface area (Å²) in [5.41, 5.74) is -0.190. The van der Waals surface area contributed by atoms with Gasteiger partial charge in [0.1, 0.15) is 0 Å².